The molecule has 0 aliphatic heterocycles. The van der Waals surface area contributed by atoms with Crippen molar-refractivity contribution >= 4 is 40.2 Å². The molecule has 25 heavy (non-hydrogen) atoms. The molecule has 3 aromatic rings. The van der Waals surface area contributed by atoms with Gasteiger partial charge in [-0.05, 0) is 37.3 Å². The second-order valence-corrected chi connectivity index (χ2v) is 6.11. The smallest absolute Gasteiger partial charge is 0.326 e. The summed E-state index contributed by atoms with van der Waals surface area (Å²) in [6.07, 6.45) is 0. The van der Waals surface area contributed by atoms with Crippen LogP contribution in [0.4, 0.5) is 0 Å². The summed E-state index contributed by atoms with van der Waals surface area (Å²) in [5.41, 5.74) is 1.63. The molecular weight excluding hydrogens is 363 g/mol. The summed E-state index contributed by atoms with van der Waals surface area (Å²) in [5, 5.41) is 0.951. The number of ether oxygens (including phenoxy) is 2. The summed E-state index contributed by atoms with van der Waals surface area (Å²) >= 11 is 12.0. The van der Waals surface area contributed by atoms with Crippen molar-refractivity contribution in [2.45, 2.75) is 20.1 Å². The van der Waals surface area contributed by atoms with Crippen molar-refractivity contribution in [1.29, 1.82) is 0 Å². The number of carbonyl (C=O) groups excluding carboxylic acids is 1. The summed E-state index contributed by atoms with van der Waals surface area (Å²) in [4.78, 5) is 16.5. The van der Waals surface area contributed by atoms with Gasteiger partial charge in [0.05, 0.1) is 22.7 Å². The summed E-state index contributed by atoms with van der Waals surface area (Å²) < 4.78 is 12.6. The lowest BCUT2D eigenvalue weighted by atomic mass is 10.3. The molecule has 1 heterocycles. The van der Waals surface area contributed by atoms with Crippen LogP contribution < -0.4 is 4.74 Å². The molecule has 0 fully saturated rings. The average Bonchev–Trinajstić information content (AvgIpc) is 2.92. The Kier molecular flexibility index (Phi) is 5.46. The highest BCUT2D eigenvalue weighted by Crippen LogP contribution is 2.28. The lowest BCUT2D eigenvalue weighted by molar-refractivity contribution is -0.143. The van der Waals surface area contributed by atoms with E-state index in [0.29, 0.717) is 28.2 Å². The molecule has 0 atom stereocenters. The van der Waals surface area contributed by atoms with E-state index in [-0.39, 0.29) is 19.1 Å². The van der Waals surface area contributed by atoms with Crippen LogP contribution in [0.15, 0.2) is 42.5 Å². The molecule has 3 rings (SSSR count). The average molecular weight is 379 g/mol. The summed E-state index contributed by atoms with van der Waals surface area (Å²) in [7, 11) is 0. The maximum absolute atomic E-state index is 11.9. The molecule has 5 nitrogen and oxygen atoms in total. The van der Waals surface area contributed by atoms with E-state index in [1.54, 1.807) is 29.7 Å². The molecule has 1 aromatic heterocycles. The molecule has 0 N–H and O–H groups in total. The molecule has 0 aliphatic carbocycles. The van der Waals surface area contributed by atoms with Crippen molar-refractivity contribution in [2.24, 2.45) is 0 Å². The van der Waals surface area contributed by atoms with Crippen molar-refractivity contribution in [3.63, 3.8) is 0 Å². The highest BCUT2D eigenvalue weighted by atomic mass is 35.5. The van der Waals surface area contributed by atoms with E-state index in [1.807, 2.05) is 24.3 Å². The Morgan fingerprint density at radius 1 is 1.20 bits per heavy atom. The van der Waals surface area contributed by atoms with Crippen LogP contribution in [0.25, 0.3) is 11.0 Å². The van der Waals surface area contributed by atoms with Crippen LogP contribution in [0.2, 0.25) is 10.0 Å². The number of imidazole rings is 1. The van der Waals surface area contributed by atoms with Crippen LogP contribution in [-0.4, -0.2) is 22.1 Å². The molecule has 0 amide bonds. The maximum Gasteiger partial charge on any atom is 0.326 e. The minimum Gasteiger partial charge on any atom is -0.484 e. The Morgan fingerprint density at radius 2 is 2.00 bits per heavy atom. The van der Waals surface area contributed by atoms with Gasteiger partial charge in [-0.2, -0.15) is 0 Å². The summed E-state index contributed by atoms with van der Waals surface area (Å²) in [6.45, 7) is 2.34. The fourth-order valence-electron chi connectivity index (χ4n) is 2.48. The van der Waals surface area contributed by atoms with Crippen LogP contribution >= 0.6 is 23.2 Å². The number of para-hydroxylation sites is 2. The predicted octanol–water partition coefficient (Wildman–Crippen LogP) is 4.49. The number of hydrogen-bond acceptors (Lipinski definition) is 4. The zero-order valence-corrected chi connectivity index (χ0v) is 15.0. The predicted molar refractivity (Wildman–Crippen MR) is 97.2 cm³/mol. The number of nitrogens with zero attached hydrogens (tertiary/aromatic N) is 2. The zero-order chi connectivity index (χ0) is 17.8. The molecule has 0 unspecified atom stereocenters. The molecule has 0 saturated carbocycles. The molecule has 0 radical (unpaired) electrons. The van der Waals surface area contributed by atoms with E-state index < -0.39 is 0 Å². The Balaban J connectivity index is 1.88. The van der Waals surface area contributed by atoms with Crippen LogP contribution in [0.5, 0.6) is 5.75 Å². The van der Waals surface area contributed by atoms with Gasteiger partial charge in [-0.25, -0.2) is 4.98 Å². The van der Waals surface area contributed by atoms with E-state index in [0.717, 1.165) is 11.0 Å². The third-order valence-corrected chi connectivity index (χ3v) is 4.11. The topological polar surface area (TPSA) is 53.4 Å². The number of halogens is 2. The third-order valence-electron chi connectivity index (χ3n) is 3.58. The fourth-order valence-corrected chi connectivity index (χ4v) is 2.95. The van der Waals surface area contributed by atoms with Crippen molar-refractivity contribution in [3.8, 4) is 5.75 Å². The number of benzene rings is 2. The van der Waals surface area contributed by atoms with Gasteiger partial charge in [0, 0.05) is 5.02 Å². The van der Waals surface area contributed by atoms with Crippen molar-refractivity contribution < 1.29 is 14.3 Å². The first-order chi connectivity index (χ1) is 12.1. The second kappa shape index (κ2) is 7.76. The number of hydrogen-bond donors (Lipinski definition) is 0. The number of aromatic nitrogens is 2. The van der Waals surface area contributed by atoms with Gasteiger partial charge < -0.3 is 14.0 Å². The lowest BCUT2D eigenvalue weighted by Gasteiger charge is -2.11. The first kappa shape index (κ1) is 17.6. The van der Waals surface area contributed by atoms with Gasteiger partial charge in [0.2, 0.25) is 0 Å². The van der Waals surface area contributed by atoms with E-state index in [9.17, 15) is 4.79 Å². The standard InChI is InChI=1S/C18H16Cl2N2O3/c1-2-24-18(23)10-22-15-6-4-3-5-14(15)21-17(22)11-25-16-8-7-12(19)9-13(16)20/h3-9H,2,10-11H2,1H3. The largest absolute Gasteiger partial charge is 0.484 e. The Hall–Kier alpha value is -2.24. The van der Waals surface area contributed by atoms with Gasteiger partial charge >= 0.3 is 5.97 Å². The van der Waals surface area contributed by atoms with E-state index >= 15 is 0 Å². The normalized spacial score (nSPS) is 10.8. The number of esters is 1. The highest BCUT2D eigenvalue weighted by Gasteiger charge is 2.15. The van der Waals surface area contributed by atoms with Crippen LogP contribution in [0.3, 0.4) is 0 Å². The van der Waals surface area contributed by atoms with E-state index in [2.05, 4.69) is 4.98 Å². The Morgan fingerprint density at radius 3 is 2.76 bits per heavy atom. The van der Waals surface area contributed by atoms with Gasteiger partial charge in [-0.3, -0.25) is 4.79 Å². The van der Waals surface area contributed by atoms with Gasteiger partial charge in [0.15, 0.2) is 0 Å². The first-order valence-electron chi connectivity index (χ1n) is 7.76. The molecule has 2 aromatic carbocycles. The third kappa shape index (κ3) is 4.06. The lowest BCUT2D eigenvalue weighted by Crippen LogP contribution is -2.16. The van der Waals surface area contributed by atoms with Gasteiger partial charge in [-0.15, -0.1) is 0 Å². The molecule has 0 bridgehead atoms. The monoisotopic (exact) mass is 378 g/mol. The molecule has 0 spiro atoms. The first-order valence-corrected chi connectivity index (χ1v) is 8.51. The second-order valence-electron chi connectivity index (χ2n) is 5.27. The number of fused-ring (bicyclic) bond motifs is 1. The SMILES string of the molecule is CCOC(=O)Cn1c(COc2ccc(Cl)cc2Cl)nc2ccccc21. The van der Waals surface area contributed by atoms with E-state index in [1.165, 1.54) is 0 Å². The van der Waals surface area contributed by atoms with Crippen molar-refractivity contribution in [1.82, 2.24) is 9.55 Å². The van der Waals surface area contributed by atoms with Gasteiger partial charge in [0.1, 0.15) is 24.7 Å². The van der Waals surface area contributed by atoms with Crippen molar-refractivity contribution in [2.75, 3.05) is 6.61 Å². The zero-order valence-electron chi connectivity index (χ0n) is 13.5. The highest BCUT2D eigenvalue weighted by molar-refractivity contribution is 6.35. The number of rotatable bonds is 6. The molecule has 0 aliphatic rings. The van der Waals surface area contributed by atoms with Crippen LogP contribution in [0, 0.1) is 0 Å². The van der Waals surface area contributed by atoms with E-state index in [4.69, 9.17) is 32.7 Å². The summed E-state index contributed by atoms with van der Waals surface area (Å²) in [5.74, 6) is 0.789. The Bertz CT molecular complexity index is 908. The minimum absolute atomic E-state index is 0.0708. The fraction of sp³-hybridized carbons (Fsp3) is 0.222. The minimum atomic E-state index is -0.323. The molecule has 130 valence electrons. The molecule has 7 heteroatoms. The van der Waals surface area contributed by atoms with Gasteiger partial charge in [-0.1, -0.05) is 35.3 Å². The van der Waals surface area contributed by atoms with Crippen molar-refractivity contribution in [3.05, 3.63) is 58.3 Å². The van der Waals surface area contributed by atoms with Gasteiger partial charge in [0.25, 0.3) is 0 Å². The molecular formula is C18H16Cl2N2O3. The summed E-state index contributed by atoms with van der Waals surface area (Å²) in [6, 6.07) is 12.6. The van der Waals surface area contributed by atoms with Crippen LogP contribution in [0.1, 0.15) is 12.7 Å². The number of carbonyl (C=O) groups is 1. The maximum atomic E-state index is 11.9. The molecule has 0 saturated heterocycles. The quantitative estimate of drug-likeness (QED) is 0.593. The van der Waals surface area contributed by atoms with Crippen LogP contribution in [-0.2, 0) is 22.7 Å². The Labute approximate surface area is 155 Å².